The van der Waals surface area contributed by atoms with E-state index in [2.05, 4.69) is 19.0 Å². The lowest BCUT2D eigenvalue weighted by Gasteiger charge is -2.31. The molecule has 0 radical (unpaired) electrons. The maximum absolute atomic E-state index is 12.2. The summed E-state index contributed by atoms with van der Waals surface area (Å²) in [5, 5.41) is 0. The van der Waals surface area contributed by atoms with Crippen molar-refractivity contribution >= 4 is 18.2 Å². The fourth-order valence-electron chi connectivity index (χ4n) is 4.59. The fraction of sp³-hybridized carbons (Fsp3) is 0.923. The molecule has 0 aromatic heterocycles. The number of carbonyl (C=O) groups is 1. The topological polar surface area (TPSA) is 20.3 Å². The molecule has 0 aliphatic heterocycles. The van der Waals surface area contributed by atoms with E-state index in [-0.39, 0.29) is 12.4 Å². The number of fused-ring (bicyclic) bond motifs is 5. The molecule has 3 rings (SSSR count). The number of ketones is 1. The van der Waals surface area contributed by atoms with Gasteiger partial charge in [0.15, 0.2) is 0 Å². The van der Waals surface area contributed by atoms with Crippen LogP contribution in [-0.4, -0.2) is 31.3 Å². The molecule has 16 heavy (non-hydrogen) atoms. The summed E-state index contributed by atoms with van der Waals surface area (Å²) in [5.74, 6) is 3.91. The Morgan fingerprint density at radius 3 is 2.56 bits per heavy atom. The van der Waals surface area contributed by atoms with Crippen LogP contribution in [0, 0.1) is 29.6 Å². The molecule has 0 aromatic rings. The van der Waals surface area contributed by atoms with Gasteiger partial charge in [0.05, 0.1) is 0 Å². The smallest absolute Gasteiger partial charge is 0.140 e. The first-order valence-electron chi connectivity index (χ1n) is 6.37. The van der Waals surface area contributed by atoms with Gasteiger partial charge in [-0.25, -0.2) is 0 Å². The van der Waals surface area contributed by atoms with Crippen LogP contribution in [0.25, 0.3) is 0 Å². The largest absolute Gasteiger partial charge is 0.309 e. The van der Waals surface area contributed by atoms with Crippen LogP contribution in [0.3, 0.4) is 0 Å². The second kappa shape index (κ2) is 4.30. The van der Waals surface area contributed by atoms with E-state index in [1.165, 1.54) is 25.7 Å². The lowest BCUT2D eigenvalue weighted by Crippen LogP contribution is -2.38. The maximum atomic E-state index is 12.2. The minimum atomic E-state index is 0. The number of hydrogen-bond acceptors (Lipinski definition) is 2. The second-order valence-corrected chi connectivity index (χ2v) is 6.04. The molecule has 0 amide bonds. The Morgan fingerprint density at radius 2 is 1.88 bits per heavy atom. The minimum Gasteiger partial charge on any atom is -0.309 e. The highest BCUT2D eigenvalue weighted by Gasteiger charge is 2.58. The summed E-state index contributed by atoms with van der Waals surface area (Å²) in [5.41, 5.74) is 0. The number of halogens is 1. The molecule has 3 unspecified atom stereocenters. The average molecular weight is 244 g/mol. The van der Waals surface area contributed by atoms with Gasteiger partial charge in [-0.3, -0.25) is 4.79 Å². The SMILES string of the molecule is CN(C)C[C@@H]1C(=O)C2CC1[C@H]1CCCC21.Cl. The average Bonchev–Trinajstić information content (AvgIpc) is 2.77. The molecule has 0 saturated heterocycles. The Labute approximate surface area is 104 Å². The van der Waals surface area contributed by atoms with Gasteiger partial charge in [-0.2, -0.15) is 0 Å². The van der Waals surface area contributed by atoms with E-state index in [0.29, 0.717) is 17.6 Å². The Hall–Kier alpha value is -0.0800. The van der Waals surface area contributed by atoms with Gasteiger partial charge in [-0.05, 0) is 51.1 Å². The molecule has 0 aromatic carbocycles. The van der Waals surface area contributed by atoms with Gasteiger partial charge < -0.3 is 4.90 Å². The molecular weight excluding hydrogens is 222 g/mol. The normalized spacial score (nSPS) is 44.9. The first-order chi connectivity index (χ1) is 7.18. The summed E-state index contributed by atoms with van der Waals surface area (Å²) in [6, 6.07) is 0. The van der Waals surface area contributed by atoms with Crippen molar-refractivity contribution < 1.29 is 4.79 Å². The summed E-state index contributed by atoms with van der Waals surface area (Å²) >= 11 is 0. The summed E-state index contributed by atoms with van der Waals surface area (Å²) in [6.07, 6.45) is 5.35. The van der Waals surface area contributed by atoms with Crippen molar-refractivity contribution in [2.45, 2.75) is 25.7 Å². The van der Waals surface area contributed by atoms with E-state index in [9.17, 15) is 4.79 Å². The number of rotatable bonds is 2. The summed E-state index contributed by atoms with van der Waals surface area (Å²) in [7, 11) is 4.18. The third-order valence-corrected chi connectivity index (χ3v) is 5.03. The van der Waals surface area contributed by atoms with Crippen molar-refractivity contribution in [2.75, 3.05) is 20.6 Å². The van der Waals surface area contributed by atoms with Gasteiger partial charge in [0.25, 0.3) is 0 Å². The van der Waals surface area contributed by atoms with Gasteiger partial charge in [-0.1, -0.05) is 6.42 Å². The van der Waals surface area contributed by atoms with Gasteiger partial charge in [-0.15, -0.1) is 12.4 Å². The van der Waals surface area contributed by atoms with Crippen LogP contribution in [0.2, 0.25) is 0 Å². The molecule has 3 aliphatic carbocycles. The van der Waals surface area contributed by atoms with E-state index >= 15 is 0 Å². The highest BCUT2D eigenvalue weighted by Crippen LogP contribution is 2.59. The fourth-order valence-corrected chi connectivity index (χ4v) is 4.59. The van der Waals surface area contributed by atoms with Gasteiger partial charge in [0.1, 0.15) is 5.78 Å². The monoisotopic (exact) mass is 243 g/mol. The number of hydrogen-bond donors (Lipinski definition) is 0. The van der Waals surface area contributed by atoms with Gasteiger partial charge in [0, 0.05) is 18.4 Å². The lowest BCUT2D eigenvalue weighted by molar-refractivity contribution is -0.129. The predicted octanol–water partition coefficient (Wildman–Crippen LogP) is 2.22. The van der Waals surface area contributed by atoms with E-state index in [0.717, 1.165) is 24.3 Å². The standard InChI is InChI=1S/C13H21NO.ClH/c1-14(2)7-12-10-6-11(13(12)15)9-5-3-4-8(9)10;/h8-12H,3-7H2,1-2H3;1H/t8-,9?,10?,11?,12-;/m0./s1. The molecule has 2 bridgehead atoms. The van der Waals surface area contributed by atoms with Crippen molar-refractivity contribution in [3.8, 4) is 0 Å². The van der Waals surface area contributed by atoms with Crippen molar-refractivity contribution in [3.63, 3.8) is 0 Å². The third-order valence-electron chi connectivity index (χ3n) is 5.03. The Bertz CT molecular complexity index is 292. The van der Waals surface area contributed by atoms with E-state index < -0.39 is 0 Å². The zero-order chi connectivity index (χ0) is 10.6. The maximum Gasteiger partial charge on any atom is 0.140 e. The van der Waals surface area contributed by atoms with Crippen LogP contribution in [0.1, 0.15) is 25.7 Å². The molecule has 3 aliphatic rings. The number of carbonyl (C=O) groups excluding carboxylic acids is 1. The van der Waals surface area contributed by atoms with Crippen LogP contribution in [-0.2, 0) is 4.79 Å². The van der Waals surface area contributed by atoms with Crippen LogP contribution < -0.4 is 0 Å². The number of Topliss-reactive ketones (excluding diaryl/α,β-unsaturated/α-hetero) is 1. The molecule has 0 heterocycles. The second-order valence-electron chi connectivity index (χ2n) is 6.04. The molecule has 5 atom stereocenters. The van der Waals surface area contributed by atoms with E-state index in [4.69, 9.17) is 0 Å². The predicted molar refractivity (Wildman–Crippen MR) is 66.7 cm³/mol. The molecule has 0 spiro atoms. The molecule has 3 fully saturated rings. The highest BCUT2D eigenvalue weighted by atomic mass is 35.5. The molecule has 0 N–H and O–H groups in total. The van der Waals surface area contributed by atoms with Crippen molar-refractivity contribution in [2.24, 2.45) is 29.6 Å². The Balaban J connectivity index is 0.000000963. The molecule has 3 heteroatoms. The van der Waals surface area contributed by atoms with Crippen molar-refractivity contribution in [1.82, 2.24) is 4.90 Å². The Kier molecular flexibility index (Phi) is 3.33. The number of nitrogens with zero attached hydrogens (tertiary/aromatic N) is 1. The summed E-state index contributed by atoms with van der Waals surface area (Å²) < 4.78 is 0. The van der Waals surface area contributed by atoms with Crippen LogP contribution in [0.4, 0.5) is 0 Å². The lowest BCUT2D eigenvalue weighted by atomic mass is 9.75. The zero-order valence-electron chi connectivity index (χ0n) is 10.2. The molecule has 3 saturated carbocycles. The Morgan fingerprint density at radius 1 is 1.19 bits per heavy atom. The minimum absolute atomic E-state index is 0. The summed E-state index contributed by atoms with van der Waals surface area (Å²) in [4.78, 5) is 14.4. The van der Waals surface area contributed by atoms with Crippen LogP contribution in [0.15, 0.2) is 0 Å². The molecule has 92 valence electrons. The van der Waals surface area contributed by atoms with Crippen LogP contribution in [0.5, 0.6) is 0 Å². The third kappa shape index (κ3) is 1.62. The zero-order valence-corrected chi connectivity index (χ0v) is 11.0. The van der Waals surface area contributed by atoms with Gasteiger partial charge >= 0.3 is 0 Å². The highest BCUT2D eigenvalue weighted by molar-refractivity contribution is 5.87. The summed E-state index contributed by atoms with van der Waals surface area (Å²) in [6.45, 7) is 0.989. The first-order valence-corrected chi connectivity index (χ1v) is 6.37. The first kappa shape index (κ1) is 12.4. The van der Waals surface area contributed by atoms with Crippen LogP contribution >= 0.6 is 12.4 Å². The molecule has 2 nitrogen and oxygen atoms in total. The molecular formula is C13H22ClNO. The van der Waals surface area contributed by atoms with Crippen molar-refractivity contribution in [3.05, 3.63) is 0 Å². The quantitative estimate of drug-likeness (QED) is 0.741. The van der Waals surface area contributed by atoms with E-state index in [1.807, 2.05) is 0 Å². The van der Waals surface area contributed by atoms with Crippen molar-refractivity contribution in [1.29, 1.82) is 0 Å². The van der Waals surface area contributed by atoms with E-state index in [1.54, 1.807) is 0 Å². The van der Waals surface area contributed by atoms with Gasteiger partial charge in [0.2, 0.25) is 0 Å².